The highest BCUT2D eigenvalue weighted by atomic mass is 35.5. The minimum absolute atomic E-state index is 0.0358. The van der Waals surface area contributed by atoms with Gasteiger partial charge in [-0.1, -0.05) is 55.8 Å². The van der Waals surface area contributed by atoms with Crippen molar-refractivity contribution in [3.63, 3.8) is 0 Å². The van der Waals surface area contributed by atoms with Crippen LogP contribution in [-0.4, -0.2) is 44.1 Å². The molecule has 0 bridgehead atoms. The van der Waals surface area contributed by atoms with Crippen molar-refractivity contribution in [2.24, 2.45) is 5.92 Å². The zero-order valence-corrected chi connectivity index (χ0v) is 20.3. The summed E-state index contributed by atoms with van der Waals surface area (Å²) < 4.78 is 21.4. The van der Waals surface area contributed by atoms with E-state index >= 15 is 0 Å². The minimum atomic E-state index is -1.19. The second-order valence-corrected chi connectivity index (χ2v) is 9.08. The molecule has 3 rings (SSSR count). The van der Waals surface area contributed by atoms with Gasteiger partial charge in [0.1, 0.15) is 18.1 Å². The van der Waals surface area contributed by atoms with E-state index in [1.54, 1.807) is 37.3 Å². The van der Waals surface area contributed by atoms with Crippen molar-refractivity contribution in [2.45, 2.75) is 38.8 Å². The number of carbonyl (C=O) groups is 2. The maximum atomic E-state index is 14.5. The lowest BCUT2D eigenvalue weighted by molar-refractivity contribution is -0.137. The standard InChI is InChI=1S/C25H27ClFN3O5/c1-15(2)25(3,34)14-35-22-12-20(29-30(22)21-11-7-6-10-18(21)27)24(33)28-19(13-23(31)32)16-8-4-5-9-17(16)26/h4-12,15,19,34H,13-14H2,1-3H3,(H,28,33)(H,31,32)/t19?,25-/m1/s1. The molecule has 1 unspecified atom stereocenters. The summed E-state index contributed by atoms with van der Waals surface area (Å²) in [7, 11) is 0. The van der Waals surface area contributed by atoms with Crippen molar-refractivity contribution in [1.29, 1.82) is 0 Å². The Morgan fingerprint density at radius 1 is 1.20 bits per heavy atom. The van der Waals surface area contributed by atoms with Crippen LogP contribution < -0.4 is 10.1 Å². The van der Waals surface area contributed by atoms with Crippen LogP contribution in [0, 0.1) is 11.7 Å². The zero-order chi connectivity index (χ0) is 25.8. The molecule has 1 heterocycles. The number of aromatic nitrogens is 2. The number of carbonyl (C=O) groups excluding carboxylic acids is 1. The van der Waals surface area contributed by atoms with Crippen molar-refractivity contribution in [1.82, 2.24) is 15.1 Å². The fourth-order valence-corrected chi connectivity index (χ4v) is 3.43. The number of amides is 1. The molecule has 186 valence electrons. The predicted octanol–water partition coefficient (Wildman–Crippen LogP) is 4.40. The molecule has 8 nitrogen and oxygen atoms in total. The molecule has 0 aliphatic heterocycles. The number of hydrogen-bond acceptors (Lipinski definition) is 5. The molecule has 2 atom stereocenters. The van der Waals surface area contributed by atoms with E-state index in [0.717, 1.165) is 4.68 Å². The summed E-state index contributed by atoms with van der Waals surface area (Å²) in [5.41, 5.74) is -0.847. The summed E-state index contributed by atoms with van der Waals surface area (Å²) in [6.07, 6.45) is -0.413. The topological polar surface area (TPSA) is 114 Å². The van der Waals surface area contributed by atoms with E-state index in [1.807, 2.05) is 13.8 Å². The summed E-state index contributed by atoms with van der Waals surface area (Å²) >= 11 is 6.22. The normalized spacial score (nSPS) is 13.8. The molecule has 0 aliphatic carbocycles. The van der Waals surface area contributed by atoms with Gasteiger partial charge in [0, 0.05) is 11.1 Å². The van der Waals surface area contributed by atoms with E-state index in [4.69, 9.17) is 16.3 Å². The smallest absolute Gasteiger partial charge is 0.305 e. The molecule has 0 fully saturated rings. The summed E-state index contributed by atoms with van der Waals surface area (Å²) in [6.45, 7) is 5.13. The molecule has 0 aliphatic rings. The maximum absolute atomic E-state index is 14.5. The molecule has 1 aromatic heterocycles. The van der Waals surface area contributed by atoms with Crippen molar-refractivity contribution in [2.75, 3.05) is 6.61 Å². The average molecular weight is 504 g/mol. The maximum Gasteiger partial charge on any atom is 0.305 e. The van der Waals surface area contributed by atoms with Crippen molar-refractivity contribution in [3.05, 3.63) is 76.7 Å². The first kappa shape index (κ1) is 26.2. The Balaban J connectivity index is 1.96. The third-order valence-electron chi connectivity index (χ3n) is 5.71. The number of carboxylic acids is 1. The molecule has 35 heavy (non-hydrogen) atoms. The number of aliphatic carboxylic acids is 1. The number of aliphatic hydroxyl groups is 1. The number of nitrogens with zero attached hydrogens (tertiary/aromatic N) is 2. The van der Waals surface area contributed by atoms with Crippen LogP contribution in [0.3, 0.4) is 0 Å². The van der Waals surface area contributed by atoms with Crippen LogP contribution >= 0.6 is 11.6 Å². The highest BCUT2D eigenvalue weighted by Gasteiger charge is 2.28. The summed E-state index contributed by atoms with van der Waals surface area (Å²) in [5.74, 6) is -2.53. The van der Waals surface area contributed by atoms with Crippen LogP contribution in [0.5, 0.6) is 5.88 Å². The molecule has 10 heteroatoms. The number of ether oxygens (including phenoxy) is 1. The zero-order valence-electron chi connectivity index (χ0n) is 19.5. The van der Waals surface area contributed by atoms with Crippen molar-refractivity contribution in [3.8, 4) is 11.6 Å². The van der Waals surface area contributed by atoms with Gasteiger partial charge in [0.2, 0.25) is 5.88 Å². The Morgan fingerprint density at radius 2 is 1.86 bits per heavy atom. The number of rotatable bonds is 10. The van der Waals surface area contributed by atoms with E-state index < -0.39 is 35.8 Å². The lowest BCUT2D eigenvalue weighted by Gasteiger charge is -2.27. The van der Waals surface area contributed by atoms with Gasteiger partial charge in [0.05, 0.1) is 18.1 Å². The van der Waals surface area contributed by atoms with Gasteiger partial charge in [-0.3, -0.25) is 9.59 Å². The molecule has 0 spiro atoms. The van der Waals surface area contributed by atoms with Crippen LogP contribution in [0.15, 0.2) is 54.6 Å². The molecule has 3 N–H and O–H groups in total. The second-order valence-electron chi connectivity index (χ2n) is 8.68. The molecule has 3 aromatic rings. The Bertz CT molecular complexity index is 1210. The number of para-hydroxylation sites is 1. The van der Waals surface area contributed by atoms with Crippen LogP contribution in [-0.2, 0) is 4.79 Å². The lowest BCUT2D eigenvalue weighted by Crippen LogP contribution is -2.38. The molecule has 1 amide bonds. The van der Waals surface area contributed by atoms with Gasteiger partial charge < -0.3 is 20.3 Å². The van der Waals surface area contributed by atoms with E-state index in [9.17, 15) is 24.2 Å². The van der Waals surface area contributed by atoms with Crippen LogP contribution in [0.2, 0.25) is 5.02 Å². The predicted molar refractivity (Wildman–Crippen MR) is 128 cm³/mol. The largest absolute Gasteiger partial charge is 0.481 e. The van der Waals surface area contributed by atoms with Crippen molar-refractivity contribution < 1.29 is 28.9 Å². The third-order valence-corrected chi connectivity index (χ3v) is 6.05. The van der Waals surface area contributed by atoms with Gasteiger partial charge in [-0.2, -0.15) is 9.78 Å². The van der Waals surface area contributed by atoms with E-state index in [-0.39, 0.29) is 29.8 Å². The Labute approximate surface area is 207 Å². The SMILES string of the molecule is CC(C)[C@](C)(O)COc1cc(C(=O)NC(CC(=O)O)c2ccccc2Cl)nn1-c1ccccc1F. The van der Waals surface area contributed by atoms with E-state index in [0.29, 0.717) is 10.6 Å². The summed E-state index contributed by atoms with van der Waals surface area (Å²) in [4.78, 5) is 24.5. The molecule has 0 saturated carbocycles. The van der Waals surface area contributed by atoms with Gasteiger partial charge in [0.25, 0.3) is 5.91 Å². The van der Waals surface area contributed by atoms with Gasteiger partial charge in [-0.25, -0.2) is 4.39 Å². The highest BCUT2D eigenvalue weighted by Crippen LogP contribution is 2.27. The van der Waals surface area contributed by atoms with Crippen LogP contribution in [0.1, 0.15) is 49.3 Å². The van der Waals surface area contributed by atoms with Gasteiger partial charge >= 0.3 is 5.97 Å². The Hall–Kier alpha value is -3.43. The highest BCUT2D eigenvalue weighted by molar-refractivity contribution is 6.31. The number of hydrogen-bond donors (Lipinski definition) is 3. The summed E-state index contributed by atoms with van der Waals surface area (Å²) in [6, 6.07) is 12.8. The van der Waals surface area contributed by atoms with Crippen LogP contribution in [0.25, 0.3) is 5.69 Å². The fraction of sp³-hybridized carbons (Fsp3) is 0.320. The van der Waals surface area contributed by atoms with Crippen molar-refractivity contribution >= 4 is 23.5 Å². The lowest BCUT2D eigenvalue weighted by atomic mass is 9.94. The Morgan fingerprint density at radius 3 is 2.49 bits per heavy atom. The third kappa shape index (κ3) is 6.37. The first-order chi connectivity index (χ1) is 16.5. The Kier molecular flexibility index (Phi) is 8.14. The van der Waals surface area contributed by atoms with Crippen LogP contribution in [0.4, 0.5) is 4.39 Å². The first-order valence-electron chi connectivity index (χ1n) is 11.0. The van der Waals surface area contributed by atoms with E-state index in [1.165, 1.54) is 24.3 Å². The number of benzene rings is 2. The number of nitrogens with one attached hydrogen (secondary N) is 1. The number of halogens is 2. The van der Waals surface area contributed by atoms with Gasteiger partial charge in [0.15, 0.2) is 5.69 Å². The molecule has 0 saturated heterocycles. The van der Waals surface area contributed by atoms with Gasteiger partial charge in [-0.15, -0.1) is 0 Å². The number of carboxylic acid groups (broad SMARTS) is 1. The van der Waals surface area contributed by atoms with E-state index in [2.05, 4.69) is 10.4 Å². The average Bonchev–Trinajstić information content (AvgIpc) is 3.22. The quantitative estimate of drug-likeness (QED) is 0.378. The minimum Gasteiger partial charge on any atom is -0.481 e. The fourth-order valence-electron chi connectivity index (χ4n) is 3.16. The molecule has 0 radical (unpaired) electrons. The second kappa shape index (κ2) is 10.9. The monoisotopic (exact) mass is 503 g/mol. The molecule has 2 aromatic carbocycles. The molecular formula is C25H27ClFN3O5. The molecular weight excluding hydrogens is 477 g/mol. The summed E-state index contributed by atoms with van der Waals surface area (Å²) in [5, 5.41) is 27.1. The first-order valence-corrected chi connectivity index (χ1v) is 11.3. The van der Waals surface area contributed by atoms with Gasteiger partial charge in [-0.05, 0) is 36.6 Å².